The first-order chi connectivity index (χ1) is 28.0. The van der Waals surface area contributed by atoms with Crippen molar-refractivity contribution in [2.24, 2.45) is 29.0 Å². The Balaban J connectivity index is 2.43. The summed E-state index contributed by atoms with van der Waals surface area (Å²) in [7, 11) is 0. The number of hydrogen-bond acceptors (Lipinski definition) is 12. The second-order valence-electron chi connectivity index (χ2n) is 15.2. The molecular formula is C38H58N10O12. The van der Waals surface area contributed by atoms with E-state index in [2.05, 4.69) is 31.9 Å². The number of nitrogens with one attached hydrogen (secondary N) is 6. The molecule has 0 spiro atoms. The number of carbonyl (C=O) groups excluding carboxylic acids is 10. The molecule has 332 valence electrons. The molecule has 60 heavy (non-hydrogen) atoms. The monoisotopic (exact) mass is 846 g/mol. The fourth-order valence-corrected chi connectivity index (χ4v) is 6.39. The number of rotatable bonds is 23. The van der Waals surface area contributed by atoms with E-state index >= 15 is 0 Å². The highest BCUT2D eigenvalue weighted by molar-refractivity contribution is 5.99. The standard InChI is InChI=1S/C38H58N10O12/c1-18(2)30(32(41)54)46-37(59)31(19(3)4)47-36(58)27-7-6-14-48(27)38(60)25(15-21-8-10-22(51)11-9-21)45-34(56)24(16-29(40)53)44-33(55)23(12-13-28(39)52)43-35(57)26(17-49)42-20(5)50/h8-11,18-19,23-27,30-31,49,51H,6-7,12-17H2,1-5H3,(H2,39,52)(H2,40,53)(H2,41,54)(H,42,50)(H,43,57)(H,44,55)(H,45,56)(H,46,59)(H,47,58)/t23-,24-,25-,26-,27-,30-,31-/m0/s1. The van der Waals surface area contributed by atoms with Crippen LogP contribution in [0.2, 0.25) is 0 Å². The minimum absolute atomic E-state index is 0.0600. The summed E-state index contributed by atoms with van der Waals surface area (Å²) in [5.41, 5.74) is 16.6. The summed E-state index contributed by atoms with van der Waals surface area (Å²) >= 11 is 0. The van der Waals surface area contributed by atoms with Gasteiger partial charge in [0.1, 0.15) is 48.0 Å². The zero-order chi connectivity index (χ0) is 45.4. The molecule has 1 heterocycles. The zero-order valence-corrected chi connectivity index (χ0v) is 34.3. The lowest BCUT2D eigenvalue weighted by molar-refractivity contribution is -0.143. The van der Waals surface area contributed by atoms with Crippen molar-refractivity contribution in [3.63, 3.8) is 0 Å². The summed E-state index contributed by atoms with van der Waals surface area (Å²) in [5.74, 6) is -9.56. The van der Waals surface area contributed by atoms with Crippen LogP contribution in [-0.4, -0.2) is 130 Å². The van der Waals surface area contributed by atoms with E-state index in [1.807, 2.05) is 0 Å². The third-order valence-corrected chi connectivity index (χ3v) is 9.57. The maximum Gasteiger partial charge on any atom is 0.246 e. The van der Waals surface area contributed by atoms with Crippen molar-refractivity contribution in [1.82, 2.24) is 36.8 Å². The van der Waals surface area contributed by atoms with Crippen LogP contribution in [0.3, 0.4) is 0 Å². The van der Waals surface area contributed by atoms with Gasteiger partial charge in [0.2, 0.25) is 59.1 Å². The Kier molecular flexibility index (Phi) is 19.4. The quantitative estimate of drug-likeness (QED) is 0.0500. The number of hydrogen-bond donors (Lipinski definition) is 11. The van der Waals surface area contributed by atoms with Crippen molar-refractivity contribution in [2.75, 3.05) is 13.2 Å². The van der Waals surface area contributed by atoms with E-state index < -0.39 is 133 Å². The molecule has 7 atom stereocenters. The molecule has 1 aromatic rings. The summed E-state index contributed by atoms with van der Waals surface area (Å²) in [5, 5.41) is 34.0. The van der Waals surface area contributed by atoms with Crippen LogP contribution >= 0.6 is 0 Å². The number of phenols is 1. The van der Waals surface area contributed by atoms with E-state index in [9.17, 15) is 58.2 Å². The molecule has 1 saturated heterocycles. The molecule has 0 radical (unpaired) electrons. The lowest BCUT2D eigenvalue weighted by atomic mass is 9.99. The molecule has 0 saturated carbocycles. The van der Waals surface area contributed by atoms with Gasteiger partial charge in [0.15, 0.2) is 0 Å². The van der Waals surface area contributed by atoms with E-state index in [1.54, 1.807) is 27.7 Å². The van der Waals surface area contributed by atoms with Crippen LogP contribution in [0.1, 0.15) is 72.3 Å². The van der Waals surface area contributed by atoms with Gasteiger partial charge in [-0.1, -0.05) is 39.8 Å². The number of nitrogens with zero attached hydrogens (tertiary/aromatic N) is 1. The molecule has 10 amide bonds. The van der Waals surface area contributed by atoms with Crippen LogP contribution in [0, 0.1) is 11.8 Å². The first kappa shape index (κ1) is 49.8. The van der Waals surface area contributed by atoms with Gasteiger partial charge in [-0.05, 0) is 48.8 Å². The second-order valence-corrected chi connectivity index (χ2v) is 15.2. The Morgan fingerprint density at radius 1 is 0.700 bits per heavy atom. The average Bonchev–Trinajstić information content (AvgIpc) is 3.66. The van der Waals surface area contributed by atoms with Gasteiger partial charge in [-0.3, -0.25) is 47.9 Å². The van der Waals surface area contributed by atoms with Crippen LogP contribution in [0.5, 0.6) is 5.75 Å². The molecule has 22 nitrogen and oxygen atoms in total. The van der Waals surface area contributed by atoms with Crippen molar-refractivity contribution < 1.29 is 58.2 Å². The molecule has 0 bridgehead atoms. The summed E-state index contributed by atoms with van der Waals surface area (Å²) in [6.45, 7) is 7.00. The van der Waals surface area contributed by atoms with E-state index in [-0.39, 0.29) is 31.1 Å². The van der Waals surface area contributed by atoms with Gasteiger partial charge >= 0.3 is 0 Å². The van der Waals surface area contributed by atoms with Crippen LogP contribution in [-0.2, 0) is 54.4 Å². The topological polar surface area (TPSA) is 365 Å². The van der Waals surface area contributed by atoms with Gasteiger partial charge in [0.25, 0.3) is 0 Å². The van der Waals surface area contributed by atoms with E-state index in [4.69, 9.17) is 17.2 Å². The molecule has 1 aliphatic rings. The fraction of sp³-hybridized carbons (Fsp3) is 0.579. The van der Waals surface area contributed by atoms with Crippen LogP contribution in [0.15, 0.2) is 24.3 Å². The molecule has 0 aliphatic carbocycles. The Morgan fingerprint density at radius 3 is 1.77 bits per heavy atom. The number of aliphatic hydroxyl groups excluding tert-OH is 1. The molecule has 14 N–H and O–H groups in total. The first-order valence-electron chi connectivity index (χ1n) is 19.4. The SMILES string of the molecule is CC(=O)N[C@@H](CO)C(=O)N[C@@H](CCC(N)=O)C(=O)N[C@@H](CC(N)=O)C(=O)N[C@@H](Cc1ccc(O)cc1)C(=O)N1CCC[C@H]1C(=O)N[C@H](C(=O)N[C@H](C(N)=O)C(C)C)C(C)C. The number of nitrogens with two attached hydrogens (primary N) is 3. The molecular weight excluding hydrogens is 788 g/mol. The second kappa shape index (κ2) is 23.3. The smallest absolute Gasteiger partial charge is 0.246 e. The number of phenolic OH excluding ortho intramolecular Hbond substituents is 1. The molecule has 0 unspecified atom stereocenters. The number of amides is 10. The van der Waals surface area contributed by atoms with Crippen molar-refractivity contribution >= 4 is 59.1 Å². The highest BCUT2D eigenvalue weighted by Crippen LogP contribution is 2.21. The van der Waals surface area contributed by atoms with Gasteiger partial charge < -0.3 is 64.2 Å². The molecule has 2 rings (SSSR count). The third-order valence-electron chi connectivity index (χ3n) is 9.57. The summed E-state index contributed by atoms with van der Waals surface area (Å²) < 4.78 is 0. The highest BCUT2D eigenvalue weighted by atomic mass is 16.3. The van der Waals surface area contributed by atoms with Gasteiger partial charge in [-0.25, -0.2) is 0 Å². The van der Waals surface area contributed by atoms with Crippen molar-refractivity contribution in [3.8, 4) is 5.75 Å². The van der Waals surface area contributed by atoms with Gasteiger partial charge in [-0.2, -0.15) is 0 Å². The predicted molar refractivity (Wildman–Crippen MR) is 212 cm³/mol. The maximum absolute atomic E-state index is 14.4. The zero-order valence-electron chi connectivity index (χ0n) is 34.3. The van der Waals surface area contributed by atoms with Gasteiger partial charge in [0, 0.05) is 26.3 Å². The van der Waals surface area contributed by atoms with Crippen LogP contribution in [0.25, 0.3) is 0 Å². The van der Waals surface area contributed by atoms with Crippen LogP contribution in [0.4, 0.5) is 0 Å². The average molecular weight is 847 g/mol. The number of aliphatic hydroxyl groups is 1. The number of primary amides is 3. The van der Waals surface area contributed by atoms with Crippen LogP contribution < -0.4 is 49.1 Å². The minimum atomic E-state index is -1.76. The maximum atomic E-state index is 14.4. The number of aromatic hydroxyl groups is 1. The predicted octanol–water partition coefficient (Wildman–Crippen LogP) is -4.22. The summed E-state index contributed by atoms with van der Waals surface area (Å²) in [6.07, 6.45) is -1.32. The summed E-state index contributed by atoms with van der Waals surface area (Å²) in [6, 6.07) is -3.91. The number of benzene rings is 1. The van der Waals surface area contributed by atoms with Crippen molar-refractivity contribution in [3.05, 3.63) is 29.8 Å². The Bertz CT molecular complexity index is 1760. The number of carbonyl (C=O) groups is 10. The first-order valence-corrected chi connectivity index (χ1v) is 19.4. The van der Waals surface area contributed by atoms with E-state index in [1.165, 1.54) is 29.2 Å². The normalized spacial score (nSPS) is 16.6. The van der Waals surface area contributed by atoms with E-state index in [0.29, 0.717) is 12.0 Å². The Hall–Kier alpha value is -6.32. The minimum Gasteiger partial charge on any atom is -0.508 e. The molecule has 0 aromatic heterocycles. The van der Waals surface area contributed by atoms with E-state index in [0.717, 1.165) is 6.92 Å². The third kappa shape index (κ3) is 15.5. The fourth-order valence-electron chi connectivity index (χ4n) is 6.39. The molecule has 22 heteroatoms. The lowest BCUT2D eigenvalue weighted by Crippen LogP contribution is -2.61. The largest absolute Gasteiger partial charge is 0.508 e. The highest BCUT2D eigenvalue weighted by Gasteiger charge is 2.41. The Morgan fingerprint density at radius 2 is 1.25 bits per heavy atom. The number of likely N-dealkylation sites (tertiary alicyclic amines) is 1. The molecule has 1 fully saturated rings. The van der Waals surface area contributed by atoms with Gasteiger partial charge in [-0.15, -0.1) is 0 Å². The van der Waals surface area contributed by atoms with Crippen molar-refractivity contribution in [2.45, 2.75) is 115 Å². The summed E-state index contributed by atoms with van der Waals surface area (Å²) in [4.78, 5) is 130. The molecule has 1 aromatic carbocycles. The molecule has 1 aliphatic heterocycles. The lowest BCUT2D eigenvalue weighted by Gasteiger charge is -2.32. The van der Waals surface area contributed by atoms with Crippen molar-refractivity contribution in [1.29, 1.82) is 0 Å². The van der Waals surface area contributed by atoms with Gasteiger partial charge in [0.05, 0.1) is 13.0 Å². The Labute approximate surface area is 346 Å².